The van der Waals surface area contributed by atoms with Crippen molar-refractivity contribution in [3.63, 3.8) is 0 Å². The van der Waals surface area contributed by atoms with E-state index in [1.807, 2.05) is 13.8 Å². The highest BCUT2D eigenvalue weighted by atomic mass is 79.9. The van der Waals surface area contributed by atoms with E-state index in [1.165, 1.54) is 0 Å². The number of ether oxygens (including phenoxy) is 2. The van der Waals surface area contributed by atoms with Crippen LogP contribution < -0.4 is 0 Å². The van der Waals surface area contributed by atoms with Crippen molar-refractivity contribution in [3.8, 4) is 0 Å². The van der Waals surface area contributed by atoms with Crippen LogP contribution in [0.5, 0.6) is 0 Å². The van der Waals surface area contributed by atoms with Gasteiger partial charge in [-0.05, 0) is 25.7 Å². The molecular formula is C26H41BrN2O6. The number of halogens is 1. The number of nitrogens with zero attached hydrogens (tertiary/aromatic N) is 2. The fraction of sp³-hybridized carbons (Fsp3) is 0.808. The highest BCUT2D eigenvalue weighted by Gasteiger charge is 2.77. The lowest BCUT2D eigenvalue weighted by atomic mass is 9.70. The van der Waals surface area contributed by atoms with E-state index in [0.29, 0.717) is 19.5 Å². The molecule has 2 amide bonds. The Morgan fingerprint density at radius 3 is 2.66 bits per heavy atom. The predicted octanol–water partition coefficient (Wildman–Crippen LogP) is 2.91. The molecule has 0 aromatic carbocycles. The Labute approximate surface area is 217 Å². The third kappa shape index (κ3) is 4.80. The van der Waals surface area contributed by atoms with Crippen molar-refractivity contribution in [1.82, 2.24) is 9.80 Å². The molecule has 2 bridgehead atoms. The summed E-state index contributed by atoms with van der Waals surface area (Å²) < 4.78 is 11.9. The molecule has 3 aliphatic heterocycles. The standard InChI is InChI=1S/C26H41BrN2O6/c1-6-10-11-13-28(12-7-2)24(32)22-26-14-17(27)21(35-26)19(25(33)34-9-4)20(26)23(31)29(22)18(15-30)16(5)8-3/h7,16-22,30H,2,6,8-15H2,1,3-5H3/t16-,17?,18-,19+,20-,21+,22?,26?/m0/s1. The van der Waals surface area contributed by atoms with E-state index in [4.69, 9.17) is 9.47 Å². The van der Waals surface area contributed by atoms with Crippen molar-refractivity contribution < 1.29 is 29.0 Å². The first-order valence-electron chi connectivity index (χ1n) is 13.0. The number of esters is 1. The molecular weight excluding hydrogens is 516 g/mol. The number of hydrogen-bond acceptors (Lipinski definition) is 6. The van der Waals surface area contributed by atoms with Crippen LogP contribution in [0.1, 0.15) is 59.8 Å². The average molecular weight is 558 g/mol. The van der Waals surface area contributed by atoms with Gasteiger partial charge in [0.1, 0.15) is 11.6 Å². The molecule has 0 aliphatic carbocycles. The van der Waals surface area contributed by atoms with Gasteiger partial charge >= 0.3 is 5.97 Å². The summed E-state index contributed by atoms with van der Waals surface area (Å²) in [5, 5.41) is 10.4. The van der Waals surface area contributed by atoms with E-state index in [1.54, 1.807) is 22.8 Å². The van der Waals surface area contributed by atoms with Gasteiger partial charge in [-0.1, -0.05) is 62.0 Å². The summed E-state index contributed by atoms with van der Waals surface area (Å²) in [6.45, 7) is 12.5. The Kier molecular flexibility index (Phi) is 9.43. The quantitative estimate of drug-likeness (QED) is 0.162. The molecule has 0 aromatic rings. The minimum Gasteiger partial charge on any atom is -0.466 e. The van der Waals surface area contributed by atoms with Crippen molar-refractivity contribution in [3.05, 3.63) is 12.7 Å². The molecule has 9 heteroatoms. The normalized spacial score (nSPS) is 32.9. The van der Waals surface area contributed by atoms with Crippen LogP contribution in [0.15, 0.2) is 12.7 Å². The fourth-order valence-electron chi connectivity index (χ4n) is 6.20. The lowest BCUT2D eigenvalue weighted by Crippen LogP contribution is -2.60. The summed E-state index contributed by atoms with van der Waals surface area (Å²) in [6.07, 6.45) is 5.18. The van der Waals surface area contributed by atoms with Crippen molar-refractivity contribution in [2.24, 2.45) is 17.8 Å². The first-order chi connectivity index (χ1) is 16.7. The first kappa shape index (κ1) is 28.1. The molecule has 3 rings (SSSR count). The van der Waals surface area contributed by atoms with Crippen LogP contribution in [-0.4, -0.2) is 87.6 Å². The fourth-order valence-corrected chi connectivity index (χ4v) is 7.14. The smallest absolute Gasteiger partial charge is 0.312 e. The van der Waals surface area contributed by atoms with Crippen LogP contribution in [0.4, 0.5) is 0 Å². The van der Waals surface area contributed by atoms with Crippen LogP contribution in [-0.2, 0) is 23.9 Å². The second-order valence-electron chi connectivity index (χ2n) is 10.1. The Morgan fingerprint density at radius 1 is 1.37 bits per heavy atom. The number of aliphatic hydroxyl groups excluding tert-OH is 1. The first-order valence-corrected chi connectivity index (χ1v) is 14.0. The van der Waals surface area contributed by atoms with Crippen molar-refractivity contribution >= 4 is 33.7 Å². The average Bonchev–Trinajstić information content (AvgIpc) is 3.42. The molecule has 0 aromatic heterocycles. The highest BCUT2D eigenvalue weighted by Crippen LogP contribution is 2.61. The molecule has 1 spiro atoms. The highest BCUT2D eigenvalue weighted by molar-refractivity contribution is 9.09. The van der Waals surface area contributed by atoms with E-state index in [2.05, 4.69) is 29.4 Å². The largest absolute Gasteiger partial charge is 0.466 e. The maximum atomic E-state index is 14.2. The molecule has 8 atom stereocenters. The van der Waals surface area contributed by atoms with Gasteiger partial charge in [-0.3, -0.25) is 14.4 Å². The number of hydrogen-bond donors (Lipinski definition) is 1. The predicted molar refractivity (Wildman–Crippen MR) is 136 cm³/mol. The number of rotatable bonds is 13. The Bertz CT molecular complexity index is 809. The van der Waals surface area contributed by atoms with Crippen LogP contribution in [0.25, 0.3) is 0 Å². The van der Waals surface area contributed by atoms with Gasteiger partial charge in [0.2, 0.25) is 11.8 Å². The summed E-state index contributed by atoms with van der Waals surface area (Å²) in [7, 11) is 0. The number of unbranched alkanes of at least 4 members (excludes halogenated alkanes) is 2. The van der Waals surface area contributed by atoms with Crippen molar-refractivity contribution in [2.75, 3.05) is 26.3 Å². The van der Waals surface area contributed by atoms with Gasteiger partial charge in [-0.15, -0.1) is 6.58 Å². The molecule has 8 nitrogen and oxygen atoms in total. The number of aliphatic hydroxyl groups is 1. The summed E-state index contributed by atoms with van der Waals surface area (Å²) in [4.78, 5) is 44.5. The van der Waals surface area contributed by atoms with Crippen molar-refractivity contribution in [2.45, 2.75) is 88.4 Å². The zero-order chi connectivity index (χ0) is 25.9. The second-order valence-corrected chi connectivity index (χ2v) is 11.3. The SMILES string of the molecule is C=CCN(CCCCC)C(=O)C1N([C@@H](CO)[C@@H](C)CC)C(=O)[C@@H]2[C@@H](C(=O)OCC)[C@@H]3OC12CC3Br. The lowest BCUT2D eigenvalue weighted by molar-refractivity contribution is -0.156. The molecule has 0 radical (unpaired) electrons. The molecule has 3 heterocycles. The molecule has 0 saturated carbocycles. The van der Waals surface area contributed by atoms with Crippen molar-refractivity contribution in [1.29, 1.82) is 0 Å². The zero-order valence-electron chi connectivity index (χ0n) is 21.5. The maximum Gasteiger partial charge on any atom is 0.312 e. The van der Waals surface area contributed by atoms with E-state index in [9.17, 15) is 19.5 Å². The van der Waals surface area contributed by atoms with Gasteiger partial charge in [-0.2, -0.15) is 0 Å². The number of alkyl halides is 1. The van der Waals surface area contributed by atoms with Gasteiger partial charge in [0.15, 0.2) is 0 Å². The number of carbonyl (C=O) groups is 3. The van der Waals surface area contributed by atoms with E-state index in [-0.39, 0.29) is 35.8 Å². The van der Waals surface area contributed by atoms with E-state index >= 15 is 0 Å². The van der Waals surface area contributed by atoms with Crippen LogP contribution in [0, 0.1) is 17.8 Å². The molecule has 1 N–H and O–H groups in total. The second kappa shape index (κ2) is 11.7. The van der Waals surface area contributed by atoms with E-state index < -0.39 is 41.6 Å². The number of amides is 2. The minimum absolute atomic E-state index is 0.0413. The van der Waals surface area contributed by atoms with Gasteiger partial charge in [0, 0.05) is 17.9 Å². The molecule has 198 valence electrons. The number of fused-ring (bicyclic) bond motifs is 1. The summed E-state index contributed by atoms with van der Waals surface area (Å²) in [5.74, 6) is -2.61. The zero-order valence-corrected chi connectivity index (χ0v) is 23.0. The minimum atomic E-state index is -1.14. The third-order valence-corrected chi connectivity index (χ3v) is 8.90. The van der Waals surface area contributed by atoms with Gasteiger partial charge in [-0.25, -0.2) is 0 Å². The Hall–Kier alpha value is -1.45. The summed E-state index contributed by atoms with van der Waals surface area (Å²) in [5.41, 5.74) is -1.14. The maximum absolute atomic E-state index is 14.2. The molecule has 3 saturated heterocycles. The van der Waals surface area contributed by atoms with Crippen LogP contribution in [0.2, 0.25) is 0 Å². The van der Waals surface area contributed by atoms with Gasteiger partial charge in [0.25, 0.3) is 0 Å². The molecule has 35 heavy (non-hydrogen) atoms. The summed E-state index contributed by atoms with van der Waals surface area (Å²) >= 11 is 3.67. The molecule has 3 unspecified atom stereocenters. The van der Waals surface area contributed by atoms with Crippen LogP contribution >= 0.6 is 15.9 Å². The monoisotopic (exact) mass is 556 g/mol. The summed E-state index contributed by atoms with van der Waals surface area (Å²) in [6, 6.07) is -1.47. The van der Waals surface area contributed by atoms with Crippen LogP contribution in [0.3, 0.4) is 0 Å². The lowest BCUT2D eigenvalue weighted by Gasteiger charge is -2.41. The van der Waals surface area contributed by atoms with Gasteiger partial charge in [0.05, 0.1) is 37.2 Å². The number of likely N-dealkylation sites (tertiary alicyclic amines) is 1. The number of carbonyl (C=O) groups excluding carboxylic acids is 3. The van der Waals surface area contributed by atoms with E-state index in [0.717, 1.165) is 25.7 Å². The van der Waals surface area contributed by atoms with Gasteiger partial charge < -0.3 is 24.4 Å². The molecule has 3 fully saturated rings. The molecule has 3 aliphatic rings. The Morgan fingerprint density at radius 2 is 2.09 bits per heavy atom. The Balaban J connectivity index is 2.10. The third-order valence-electron chi connectivity index (χ3n) is 8.06. The topological polar surface area (TPSA) is 96.4 Å².